The van der Waals surface area contributed by atoms with E-state index in [1.165, 1.54) is 0 Å². The molecule has 1 saturated heterocycles. The van der Waals surface area contributed by atoms with Gasteiger partial charge in [-0.2, -0.15) is 0 Å². The second kappa shape index (κ2) is 7.25. The summed E-state index contributed by atoms with van der Waals surface area (Å²) < 4.78 is 0. The summed E-state index contributed by atoms with van der Waals surface area (Å²) in [6.07, 6.45) is 2.40. The quantitative estimate of drug-likeness (QED) is 0.852. The Morgan fingerprint density at radius 1 is 0.917 bits per heavy atom. The molecule has 0 atom stereocenters. The summed E-state index contributed by atoms with van der Waals surface area (Å²) in [6, 6.07) is 13.0. The van der Waals surface area contributed by atoms with Crippen LogP contribution in [0.5, 0.6) is 0 Å². The minimum Gasteiger partial charge on any atom is -0.337 e. The van der Waals surface area contributed by atoms with Gasteiger partial charge in [-0.3, -0.25) is 14.6 Å². The highest BCUT2D eigenvalue weighted by molar-refractivity contribution is 5.95. The number of hydrogen-bond acceptors (Lipinski definition) is 3. The fourth-order valence-electron chi connectivity index (χ4n) is 2.94. The van der Waals surface area contributed by atoms with E-state index in [-0.39, 0.29) is 11.8 Å². The van der Waals surface area contributed by atoms with Gasteiger partial charge in [0.2, 0.25) is 0 Å². The van der Waals surface area contributed by atoms with Crippen LogP contribution in [0.3, 0.4) is 0 Å². The minimum absolute atomic E-state index is 0.0332. The summed E-state index contributed by atoms with van der Waals surface area (Å²) in [5.41, 5.74) is 2.23. The topological polar surface area (TPSA) is 53.5 Å². The van der Waals surface area contributed by atoms with Crippen LogP contribution in [0.15, 0.2) is 48.7 Å². The molecule has 124 valence electrons. The standard InChI is InChI=1S/C19H21N3O2/c1-15-6-4-7-16(14-15)18(23)21-10-5-11-22(13-12-21)19(24)17-8-2-3-9-20-17/h2-4,6-9,14H,5,10-13H2,1H3. The zero-order chi connectivity index (χ0) is 16.9. The fraction of sp³-hybridized carbons (Fsp3) is 0.316. The normalized spacial score (nSPS) is 15.0. The van der Waals surface area contributed by atoms with Gasteiger partial charge in [0.1, 0.15) is 5.69 Å². The molecule has 1 aliphatic heterocycles. The van der Waals surface area contributed by atoms with Crippen LogP contribution in [-0.4, -0.2) is 52.8 Å². The number of rotatable bonds is 2. The van der Waals surface area contributed by atoms with Gasteiger partial charge in [0.05, 0.1) is 0 Å². The van der Waals surface area contributed by atoms with Crippen molar-refractivity contribution >= 4 is 11.8 Å². The van der Waals surface area contributed by atoms with E-state index in [1.807, 2.05) is 42.2 Å². The number of carbonyl (C=O) groups is 2. The maximum Gasteiger partial charge on any atom is 0.272 e. The predicted octanol–water partition coefficient (Wildman–Crippen LogP) is 2.38. The highest BCUT2D eigenvalue weighted by atomic mass is 16.2. The first-order valence-corrected chi connectivity index (χ1v) is 8.21. The van der Waals surface area contributed by atoms with E-state index < -0.39 is 0 Å². The number of benzene rings is 1. The lowest BCUT2D eigenvalue weighted by Crippen LogP contribution is -2.37. The van der Waals surface area contributed by atoms with Crippen molar-refractivity contribution in [3.05, 3.63) is 65.5 Å². The summed E-state index contributed by atoms with van der Waals surface area (Å²) >= 11 is 0. The molecule has 2 aromatic rings. The van der Waals surface area contributed by atoms with Crippen LogP contribution in [0.4, 0.5) is 0 Å². The van der Waals surface area contributed by atoms with Crippen LogP contribution in [0.1, 0.15) is 32.8 Å². The largest absolute Gasteiger partial charge is 0.337 e. The Morgan fingerprint density at radius 3 is 2.33 bits per heavy atom. The zero-order valence-corrected chi connectivity index (χ0v) is 13.8. The molecule has 0 bridgehead atoms. The predicted molar refractivity (Wildman–Crippen MR) is 91.8 cm³/mol. The molecule has 24 heavy (non-hydrogen) atoms. The van der Waals surface area contributed by atoms with Crippen molar-refractivity contribution in [1.82, 2.24) is 14.8 Å². The van der Waals surface area contributed by atoms with E-state index in [9.17, 15) is 9.59 Å². The van der Waals surface area contributed by atoms with E-state index in [1.54, 1.807) is 23.2 Å². The summed E-state index contributed by atoms with van der Waals surface area (Å²) in [7, 11) is 0. The molecule has 1 aromatic heterocycles. The van der Waals surface area contributed by atoms with Gasteiger partial charge in [-0.15, -0.1) is 0 Å². The smallest absolute Gasteiger partial charge is 0.272 e. The van der Waals surface area contributed by atoms with Crippen LogP contribution in [0, 0.1) is 6.92 Å². The third-order valence-corrected chi connectivity index (χ3v) is 4.22. The van der Waals surface area contributed by atoms with E-state index in [0.29, 0.717) is 37.4 Å². The molecule has 1 fully saturated rings. The zero-order valence-electron chi connectivity index (χ0n) is 13.8. The van der Waals surface area contributed by atoms with Gasteiger partial charge in [-0.1, -0.05) is 23.8 Å². The molecule has 5 heteroatoms. The van der Waals surface area contributed by atoms with Crippen LogP contribution in [0.2, 0.25) is 0 Å². The average Bonchev–Trinajstić information content (AvgIpc) is 2.87. The Hall–Kier alpha value is -2.69. The average molecular weight is 323 g/mol. The molecule has 0 saturated carbocycles. The van der Waals surface area contributed by atoms with Crippen LogP contribution in [-0.2, 0) is 0 Å². The second-order valence-electron chi connectivity index (χ2n) is 6.02. The first kappa shape index (κ1) is 16.2. The Bertz CT molecular complexity index is 730. The number of nitrogens with zero attached hydrogens (tertiary/aromatic N) is 3. The molecule has 2 amide bonds. The van der Waals surface area contributed by atoms with Gasteiger partial charge in [0, 0.05) is 37.9 Å². The van der Waals surface area contributed by atoms with Crippen molar-refractivity contribution in [3.8, 4) is 0 Å². The van der Waals surface area contributed by atoms with E-state index in [4.69, 9.17) is 0 Å². The Morgan fingerprint density at radius 2 is 1.67 bits per heavy atom. The summed E-state index contributed by atoms with van der Waals surface area (Å²) in [5.74, 6) is -0.0358. The van der Waals surface area contributed by atoms with Gasteiger partial charge in [-0.25, -0.2) is 0 Å². The molecule has 0 spiro atoms. The van der Waals surface area contributed by atoms with Crippen molar-refractivity contribution in [3.63, 3.8) is 0 Å². The van der Waals surface area contributed by atoms with Crippen molar-refractivity contribution in [2.75, 3.05) is 26.2 Å². The lowest BCUT2D eigenvalue weighted by molar-refractivity contribution is 0.0715. The Balaban J connectivity index is 1.67. The Kier molecular flexibility index (Phi) is 4.89. The molecular formula is C19H21N3O2. The van der Waals surface area contributed by atoms with Crippen LogP contribution < -0.4 is 0 Å². The van der Waals surface area contributed by atoms with Crippen molar-refractivity contribution in [1.29, 1.82) is 0 Å². The molecule has 0 N–H and O–H groups in total. The van der Waals surface area contributed by atoms with Crippen molar-refractivity contribution in [2.45, 2.75) is 13.3 Å². The summed E-state index contributed by atoms with van der Waals surface area (Å²) in [5, 5.41) is 0. The molecule has 1 aliphatic rings. The van der Waals surface area contributed by atoms with E-state index >= 15 is 0 Å². The maximum atomic E-state index is 12.7. The van der Waals surface area contributed by atoms with Gasteiger partial charge in [0.25, 0.3) is 11.8 Å². The number of carbonyl (C=O) groups excluding carboxylic acids is 2. The van der Waals surface area contributed by atoms with Gasteiger partial charge < -0.3 is 9.80 Å². The first-order valence-electron chi connectivity index (χ1n) is 8.21. The van der Waals surface area contributed by atoms with E-state index in [2.05, 4.69) is 4.98 Å². The van der Waals surface area contributed by atoms with Crippen LogP contribution >= 0.6 is 0 Å². The monoisotopic (exact) mass is 323 g/mol. The SMILES string of the molecule is Cc1cccc(C(=O)N2CCCN(C(=O)c3ccccn3)CC2)c1. The van der Waals surface area contributed by atoms with Crippen molar-refractivity contribution in [2.24, 2.45) is 0 Å². The summed E-state index contributed by atoms with van der Waals surface area (Å²) in [6.45, 7) is 4.37. The number of aryl methyl sites for hydroxylation is 1. The van der Waals surface area contributed by atoms with Gasteiger partial charge in [-0.05, 0) is 37.6 Å². The molecule has 2 heterocycles. The summed E-state index contributed by atoms with van der Waals surface area (Å²) in [4.78, 5) is 32.9. The number of hydrogen-bond donors (Lipinski definition) is 0. The molecule has 0 aliphatic carbocycles. The van der Waals surface area contributed by atoms with Gasteiger partial charge >= 0.3 is 0 Å². The Labute approximate surface area is 141 Å². The lowest BCUT2D eigenvalue weighted by Gasteiger charge is -2.22. The molecule has 3 rings (SSSR count). The highest BCUT2D eigenvalue weighted by Gasteiger charge is 2.23. The minimum atomic E-state index is -0.0690. The second-order valence-corrected chi connectivity index (χ2v) is 6.02. The fourth-order valence-corrected chi connectivity index (χ4v) is 2.94. The number of pyridine rings is 1. The third-order valence-electron chi connectivity index (χ3n) is 4.22. The molecule has 5 nitrogen and oxygen atoms in total. The third kappa shape index (κ3) is 3.62. The molecule has 0 unspecified atom stereocenters. The van der Waals surface area contributed by atoms with E-state index in [0.717, 1.165) is 12.0 Å². The molecule has 0 radical (unpaired) electrons. The first-order chi connectivity index (χ1) is 11.6. The molecular weight excluding hydrogens is 302 g/mol. The number of amides is 2. The molecule has 1 aromatic carbocycles. The lowest BCUT2D eigenvalue weighted by atomic mass is 10.1. The number of aromatic nitrogens is 1. The van der Waals surface area contributed by atoms with Crippen LogP contribution in [0.25, 0.3) is 0 Å². The maximum absolute atomic E-state index is 12.7. The highest BCUT2D eigenvalue weighted by Crippen LogP contribution is 2.12. The van der Waals surface area contributed by atoms with Gasteiger partial charge in [0.15, 0.2) is 0 Å². The van der Waals surface area contributed by atoms with Crippen molar-refractivity contribution < 1.29 is 9.59 Å².